The Morgan fingerprint density at radius 1 is 1.00 bits per heavy atom. The predicted octanol–water partition coefficient (Wildman–Crippen LogP) is 3.76. The highest BCUT2D eigenvalue weighted by Gasteiger charge is 2.08. The molecule has 7 nitrogen and oxygen atoms in total. The number of nitrogens with one attached hydrogen (secondary N) is 3. The lowest BCUT2D eigenvalue weighted by Gasteiger charge is -2.10. The maximum Gasteiger partial charge on any atom is 0.225 e. The van der Waals surface area contributed by atoms with Crippen LogP contribution < -0.4 is 10.6 Å². The highest BCUT2D eigenvalue weighted by atomic mass is 19.1. The second-order valence-electron chi connectivity index (χ2n) is 5.76. The van der Waals surface area contributed by atoms with Gasteiger partial charge in [0.05, 0.1) is 11.9 Å². The van der Waals surface area contributed by atoms with Gasteiger partial charge < -0.3 is 15.6 Å². The zero-order chi connectivity index (χ0) is 18.5. The van der Waals surface area contributed by atoms with Crippen LogP contribution >= 0.6 is 0 Å². The Morgan fingerprint density at radius 3 is 2.63 bits per heavy atom. The largest absolute Gasteiger partial charge is 0.367 e. The van der Waals surface area contributed by atoms with Crippen LogP contribution in [-0.2, 0) is 6.54 Å². The van der Waals surface area contributed by atoms with Gasteiger partial charge in [-0.1, -0.05) is 12.1 Å². The van der Waals surface area contributed by atoms with E-state index in [9.17, 15) is 4.39 Å². The Hall–Kier alpha value is -3.81. The lowest BCUT2D eigenvalue weighted by molar-refractivity contribution is 0.627. The number of aromatic nitrogens is 5. The molecule has 0 radical (unpaired) electrons. The van der Waals surface area contributed by atoms with Crippen LogP contribution in [0.25, 0.3) is 11.3 Å². The molecule has 8 heteroatoms. The number of hydrogen-bond acceptors (Lipinski definition) is 6. The van der Waals surface area contributed by atoms with Gasteiger partial charge in [0.2, 0.25) is 5.95 Å². The summed E-state index contributed by atoms with van der Waals surface area (Å²) in [5, 5.41) is 6.31. The summed E-state index contributed by atoms with van der Waals surface area (Å²) >= 11 is 0. The minimum atomic E-state index is -0.264. The van der Waals surface area contributed by atoms with Gasteiger partial charge in [0.25, 0.3) is 0 Å². The van der Waals surface area contributed by atoms with Crippen LogP contribution in [0.3, 0.4) is 0 Å². The molecule has 0 fully saturated rings. The van der Waals surface area contributed by atoms with E-state index in [1.165, 1.54) is 12.1 Å². The van der Waals surface area contributed by atoms with Crippen LogP contribution in [-0.4, -0.2) is 24.9 Å². The van der Waals surface area contributed by atoms with E-state index in [2.05, 4.69) is 35.6 Å². The summed E-state index contributed by atoms with van der Waals surface area (Å²) < 4.78 is 13.1. The van der Waals surface area contributed by atoms with E-state index in [4.69, 9.17) is 0 Å². The second-order valence-corrected chi connectivity index (χ2v) is 5.76. The first-order valence-corrected chi connectivity index (χ1v) is 8.30. The number of nitrogens with zero attached hydrogens (tertiary/aromatic N) is 4. The van der Waals surface area contributed by atoms with Gasteiger partial charge in [-0.2, -0.15) is 4.98 Å². The van der Waals surface area contributed by atoms with E-state index in [0.29, 0.717) is 24.1 Å². The van der Waals surface area contributed by atoms with E-state index < -0.39 is 0 Å². The first-order chi connectivity index (χ1) is 13.3. The van der Waals surface area contributed by atoms with Gasteiger partial charge in [-0.3, -0.25) is 4.98 Å². The number of aromatic amines is 1. The second kappa shape index (κ2) is 7.61. The smallest absolute Gasteiger partial charge is 0.225 e. The Balaban J connectivity index is 1.60. The lowest BCUT2D eigenvalue weighted by atomic mass is 10.2. The number of anilines is 3. The van der Waals surface area contributed by atoms with Crippen LogP contribution in [0.1, 0.15) is 5.56 Å². The number of benzene rings is 1. The molecule has 134 valence electrons. The summed E-state index contributed by atoms with van der Waals surface area (Å²) in [5.41, 5.74) is 2.61. The molecule has 3 aromatic heterocycles. The highest BCUT2D eigenvalue weighted by Crippen LogP contribution is 2.22. The van der Waals surface area contributed by atoms with Gasteiger partial charge in [0.15, 0.2) is 0 Å². The third-order valence-electron chi connectivity index (χ3n) is 3.80. The number of rotatable bonds is 6. The summed E-state index contributed by atoms with van der Waals surface area (Å²) in [7, 11) is 0. The van der Waals surface area contributed by atoms with Crippen molar-refractivity contribution in [3.8, 4) is 11.3 Å². The standard InChI is InChI=1S/C19H16FN7/c20-15-3-1-13(2-4-15)10-24-19-25-16(14-5-6-21-11-14)9-17(27-19)26-18-12-22-7-8-23-18/h1-9,11-12,21H,10H2,(H2,23,24,25,26,27). The lowest BCUT2D eigenvalue weighted by Crippen LogP contribution is -2.06. The zero-order valence-electron chi connectivity index (χ0n) is 14.2. The Bertz CT molecular complexity index is 1000. The van der Waals surface area contributed by atoms with Gasteiger partial charge in [0.1, 0.15) is 17.5 Å². The van der Waals surface area contributed by atoms with Crippen molar-refractivity contribution < 1.29 is 4.39 Å². The summed E-state index contributed by atoms with van der Waals surface area (Å²) in [6.45, 7) is 0.474. The monoisotopic (exact) mass is 361 g/mol. The first kappa shape index (κ1) is 16.6. The molecule has 0 aliphatic carbocycles. The summed E-state index contributed by atoms with van der Waals surface area (Å²) in [6, 6.07) is 10.1. The zero-order valence-corrected chi connectivity index (χ0v) is 14.2. The minimum Gasteiger partial charge on any atom is -0.367 e. The number of hydrogen-bond donors (Lipinski definition) is 3. The first-order valence-electron chi connectivity index (χ1n) is 8.30. The van der Waals surface area contributed by atoms with Crippen LogP contribution in [0.4, 0.5) is 22.0 Å². The molecule has 27 heavy (non-hydrogen) atoms. The van der Waals surface area contributed by atoms with Crippen LogP contribution in [0, 0.1) is 5.82 Å². The van der Waals surface area contributed by atoms with E-state index in [1.54, 1.807) is 30.7 Å². The molecule has 0 saturated carbocycles. The van der Waals surface area contributed by atoms with Crippen molar-refractivity contribution in [1.82, 2.24) is 24.9 Å². The fourth-order valence-corrected chi connectivity index (χ4v) is 2.50. The van der Waals surface area contributed by atoms with E-state index >= 15 is 0 Å². The average molecular weight is 361 g/mol. The highest BCUT2D eigenvalue weighted by molar-refractivity contribution is 5.65. The molecule has 0 aliphatic rings. The fourth-order valence-electron chi connectivity index (χ4n) is 2.50. The molecule has 3 N–H and O–H groups in total. The predicted molar refractivity (Wildman–Crippen MR) is 101 cm³/mol. The Morgan fingerprint density at radius 2 is 1.89 bits per heavy atom. The summed E-state index contributed by atoms with van der Waals surface area (Å²) in [6.07, 6.45) is 8.51. The fraction of sp³-hybridized carbons (Fsp3) is 0.0526. The van der Waals surface area contributed by atoms with Crippen molar-refractivity contribution in [3.63, 3.8) is 0 Å². The maximum atomic E-state index is 13.1. The molecule has 0 spiro atoms. The normalized spacial score (nSPS) is 10.6. The SMILES string of the molecule is Fc1ccc(CNc2nc(Nc3cnccn3)cc(-c3cc[nH]c3)n2)cc1. The molecule has 0 bridgehead atoms. The molecule has 0 aliphatic heterocycles. The summed E-state index contributed by atoms with van der Waals surface area (Å²) in [5.74, 6) is 1.35. The van der Waals surface area contributed by atoms with Gasteiger partial charge in [-0.05, 0) is 23.8 Å². The average Bonchev–Trinajstić information content (AvgIpc) is 3.23. The molecular formula is C19H16FN7. The van der Waals surface area contributed by atoms with Gasteiger partial charge in [-0.15, -0.1) is 0 Å². The quantitative estimate of drug-likeness (QED) is 0.484. The van der Waals surface area contributed by atoms with E-state index in [1.807, 2.05) is 24.5 Å². The maximum absolute atomic E-state index is 13.1. The van der Waals surface area contributed by atoms with Crippen molar-refractivity contribution in [1.29, 1.82) is 0 Å². The van der Waals surface area contributed by atoms with Crippen molar-refractivity contribution >= 4 is 17.6 Å². The van der Waals surface area contributed by atoms with Crippen molar-refractivity contribution in [3.05, 3.63) is 78.8 Å². The van der Waals surface area contributed by atoms with Crippen molar-refractivity contribution in [2.75, 3.05) is 10.6 Å². The molecule has 0 saturated heterocycles. The van der Waals surface area contributed by atoms with Crippen LogP contribution in [0.5, 0.6) is 0 Å². The van der Waals surface area contributed by atoms with Crippen molar-refractivity contribution in [2.24, 2.45) is 0 Å². The molecule has 4 aromatic rings. The number of halogens is 1. The van der Waals surface area contributed by atoms with E-state index in [0.717, 1.165) is 16.8 Å². The Kier molecular flexibility index (Phi) is 4.69. The molecule has 0 atom stereocenters. The Labute approximate surface area is 154 Å². The molecule has 0 unspecified atom stereocenters. The summed E-state index contributed by atoms with van der Waals surface area (Å²) in [4.78, 5) is 20.3. The van der Waals surface area contributed by atoms with Gasteiger partial charge >= 0.3 is 0 Å². The van der Waals surface area contributed by atoms with Gasteiger partial charge in [0, 0.05) is 43.0 Å². The minimum absolute atomic E-state index is 0.264. The topological polar surface area (TPSA) is 91.4 Å². The van der Waals surface area contributed by atoms with Gasteiger partial charge in [-0.25, -0.2) is 14.4 Å². The molecule has 4 rings (SSSR count). The number of H-pyrrole nitrogens is 1. The third-order valence-corrected chi connectivity index (χ3v) is 3.80. The molecular weight excluding hydrogens is 345 g/mol. The van der Waals surface area contributed by atoms with Crippen LogP contribution in [0.15, 0.2) is 67.4 Å². The molecule has 3 heterocycles. The van der Waals surface area contributed by atoms with E-state index in [-0.39, 0.29) is 5.82 Å². The molecule has 1 aromatic carbocycles. The molecule has 0 amide bonds. The third kappa shape index (κ3) is 4.24. The van der Waals surface area contributed by atoms with Crippen LogP contribution in [0.2, 0.25) is 0 Å². The van der Waals surface area contributed by atoms with Crippen molar-refractivity contribution in [2.45, 2.75) is 6.54 Å².